The minimum Gasteiger partial charge on any atom is -0.486 e. The second kappa shape index (κ2) is 6.08. The number of hydrogen-bond acceptors (Lipinski definition) is 3. The van der Waals surface area contributed by atoms with Gasteiger partial charge in [-0.2, -0.15) is 0 Å². The van der Waals surface area contributed by atoms with Gasteiger partial charge in [-0.3, -0.25) is 0 Å². The third-order valence-corrected chi connectivity index (χ3v) is 4.38. The van der Waals surface area contributed by atoms with Crippen LogP contribution in [0.15, 0.2) is 40.9 Å². The molecule has 4 heteroatoms. The highest BCUT2D eigenvalue weighted by atomic mass is 79.9. The van der Waals surface area contributed by atoms with Gasteiger partial charge >= 0.3 is 0 Å². The summed E-state index contributed by atoms with van der Waals surface area (Å²) in [4.78, 5) is 0. The maximum Gasteiger partial charge on any atom is 0.162 e. The van der Waals surface area contributed by atoms with Crippen LogP contribution in [-0.4, -0.2) is 18.3 Å². The van der Waals surface area contributed by atoms with Crippen LogP contribution < -0.4 is 9.47 Å². The zero-order valence-electron chi connectivity index (χ0n) is 11.8. The van der Waals surface area contributed by atoms with E-state index in [-0.39, 0.29) is 0 Å². The second-order valence-electron chi connectivity index (χ2n) is 5.16. The van der Waals surface area contributed by atoms with E-state index in [9.17, 15) is 5.11 Å². The van der Waals surface area contributed by atoms with Gasteiger partial charge in [0.25, 0.3) is 0 Å². The molecule has 0 fully saturated rings. The Morgan fingerprint density at radius 3 is 2.52 bits per heavy atom. The van der Waals surface area contributed by atoms with Crippen molar-refractivity contribution < 1.29 is 14.6 Å². The number of aliphatic hydroxyl groups is 1. The van der Waals surface area contributed by atoms with Crippen molar-refractivity contribution in [3.63, 3.8) is 0 Å². The summed E-state index contributed by atoms with van der Waals surface area (Å²) in [5.74, 6) is 1.42. The highest BCUT2D eigenvalue weighted by molar-refractivity contribution is 9.10. The molecule has 0 saturated heterocycles. The van der Waals surface area contributed by atoms with E-state index in [0.29, 0.717) is 25.4 Å². The summed E-state index contributed by atoms with van der Waals surface area (Å²) in [6.07, 6.45) is -0.0124. The maximum absolute atomic E-state index is 10.6. The summed E-state index contributed by atoms with van der Waals surface area (Å²) in [6, 6.07) is 11.8. The van der Waals surface area contributed by atoms with E-state index in [1.807, 2.05) is 30.3 Å². The van der Waals surface area contributed by atoms with Gasteiger partial charge in [-0.05, 0) is 35.7 Å². The first kappa shape index (κ1) is 14.4. The number of aryl methyl sites for hydroxylation is 1. The lowest BCUT2D eigenvalue weighted by atomic mass is 9.98. The van der Waals surface area contributed by atoms with Gasteiger partial charge in [0.1, 0.15) is 13.2 Å². The minimum absolute atomic E-state index is 0.544. The van der Waals surface area contributed by atoms with Crippen molar-refractivity contribution in [2.24, 2.45) is 0 Å². The molecule has 0 saturated carbocycles. The van der Waals surface area contributed by atoms with E-state index in [1.54, 1.807) is 0 Å². The number of halogens is 1. The molecule has 0 aromatic heterocycles. The summed E-state index contributed by atoms with van der Waals surface area (Å²) in [5, 5.41) is 10.6. The largest absolute Gasteiger partial charge is 0.486 e. The van der Waals surface area contributed by atoms with E-state index in [1.165, 1.54) is 5.56 Å². The topological polar surface area (TPSA) is 38.7 Å². The van der Waals surface area contributed by atoms with E-state index in [4.69, 9.17) is 9.47 Å². The van der Waals surface area contributed by atoms with Crippen molar-refractivity contribution in [1.29, 1.82) is 0 Å². The van der Waals surface area contributed by atoms with Crippen molar-refractivity contribution in [1.82, 2.24) is 0 Å². The molecule has 2 aromatic rings. The van der Waals surface area contributed by atoms with E-state index in [2.05, 4.69) is 28.9 Å². The van der Waals surface area contributed by atoms with Crippen LogP contribution in [0.1, 0.15) is 22.8 Å². The molecule has 0 spiro atoms. The van der Waals surface area contributed by atoms with Crippen LogP contribution in [0.2, 0.25) is 0 Å². The average molecular weight is 349 g/mol. The third kappa shape index (κ3) is 3.06. The van der Waals surface area contributed by atoms with Crippen LogP contribution >= 0.6 is 15.9 Å². The molecule has 0 radical (unpaired) electrons. The number of aliphatic hydroxyl groups excluding tert-OH is 1. The fourth-order valence-corrected chi connectivity index (χ4v) is 3.08. The fraction of sp³-hybridized carbons (Fsp3) is 0.294. The quantitative estimate of drug-likeness (QED) is 0.916. The predicted molar refractivity (Wildman–Crippen MR) is 85.0 cm³/mol. The number of benzene rings is 2. The average Bonchev–Trinajstić information content (AvgIpc) is 2.49. The molecule has 1 atom stereocenters. The summed E-state index contributed by atoms with van der Waals surface area (Å²) >= 11 is 3.51. The fourth-order valence-electron chi connectivity index (χ4n) is 2.49. The van der Waals surface area contributed by atoms with Crippen molar-refractivity contribution >= 4 is 15.9 Å². The van der Waals surface area contributed by atoms with Gasteiger partial charge < -0.3 is 14.6 Å². The molecular weight excluding hydrogens is 332 g/mol. The van der Waals surface area contributed by atoms with Gasteiger partial charge in [-0.1, -0.05) is 40.2 Å². The number of rotatable bonds is 3. The van der Waals surface area contributed by atoms with Crippen LogP contribution in [0, 0.1) is 6.92 Å². The number of hydrogen-bond donors (Lipinski definition) is 1. The van der Waals surface area contributed by atoms with Gasteiger partial charge in [0.05, 0.1) is 6.10 Å². The Labute approximate surface area is 132 Å². The molecule has 1 N–H and O–H groups in total. The molecule has 1 aliphatic heterocycles. The molecule has 1 heterocycles. The summed E-state index contributed by atoms with van der Waals surface area (Å²) in [5.41, 5.74) is 3.15. The van der Waals surface area contributed by atoms with Crippen LogP contribution in [0.25, 0.3) is 0 Å². The monoisotopic (exact) mass is 348 g/mol. The van der Waals surface area contributed by atoms with Crippen molar-refractivity contribution in [3.05, 3.63) is 57.6 Å². The Morgan fingerprint density at radius 2 is 1.81 bits per heavy atom. The normalized spacial score (nSPS) is 14.8. The second-order valence-corrected chi connectivity index (χ2v) is 6.02. The molecule has 1 aliphatic rings. The molecule has 0 bridgehead atoms. The summed E-state index contributed by atoms with van der Waals surface area (Å²) in [6.45, 7) is 3.16. The summed E-state index contributed by atoms with van der Waals surface area (Å²) < 4.78 is 12.0. The first-order valence-corrected chi connectivity index (χ1v) is 7.76. The zero-order valence-corrected chi connectivity index (χ0v) is 13.4. The van der Waals surface area contributed by atoms with Gasteiger partial charge in [-0.25, -0.2) is 0 Å². The Bertz CT molecular complexity index is 654. The Kier molecular flexibility index (Phi) is 4.17. The lowest BCUT2D eigenvalue weighted by Crippen LogP contribution is -2.16. The minimum atomic E-state index is -0.587. The van der Waals surface area contributed by atoms with Gasteiger partial charge in [0, 0.05) is 10.9 Å². The zero-order chi connectivity index (χ0) is 14.8. The van der Waals surface area contributed by atoms with Gasteiger partial charge in [0.15, 0.2) is 11.5 Å². The molecule has 2 aromatic carbocycles. The lowest BCUT2D eigenvalue weighted by Gasteiger charge is -2.22. The van der Waals surface area contributed by atoms with Crippen LogP contribution in [0.5, 0.6) is 11.5 Å². The van der Waals surface area contributed by atoms with Crippen molar-refractivity contribution in [3.8, 4) is 11.5 Å². The molecule has 21 heavy (non-hydrogen) atoms. The highest BCUT2D eigenvalue weighted by Crippen LogP contribution is 2.38. The van der Waals surface area contributed by atoms with E-state index >= 15 is 0 Å². The predicted octanol–water partition coefficient (Wildman–Crippen LogP) is 3.80. The molecular formula is C17H17BrO3. The molecule has 3 nitrogen and oxygen atoms in total. The van der Waals surface area contributed by atoms with Crippen LogP contribution in [-0.2, 0) is 6.42 Å². The van der Waals surface area contributed by atoms with Crippen molar-refractivity contribution in [2.45, 2.75) is 19.4 Å². The van der Waals surface area contributed by atoms with Crippen LogP contribution in [0.4, 0.5) is 0 Å². The van der Waals surface area contributed by atoms with E-state index in [0.717, 1.165) is 21.3 Å². The SMILES string of the molecule is Cc1ccccc1CC(O)c1cc2c(cc1Br)OCCO2. The third-order valence-electron chi connectivity index (χ3n) is 3.70. The standard InChI is InChI=1S/C17H17BrO3/c1-11-4-2-3-5-12(11)8-15(19)13-9-16-17(10-14(13)18)21-7-6-20-16/h2-5,9-10,15,19H,6-8H2,1H3. The smallest absolute Gasteiger partial charge is 0.162 e. The Hall–Kier alpha value is -1.52. The molecule has 1 unspecified atom stereocenters. The van der Waals surface area contributed by atoms with Gasteiger partial charge in [-0.15, -0.1) is 0 Å². The highest BCUT2D eigenvalue weighted by Gasteiger charge is 2.19. The van der Waals surface area contributed by atoms with Gasteiger partial charge in [0.2, 0.25) is 0 Å². The molecule has 110 valence electrons. The molecule has 3 rings (SSSR count). The molecule has 0 aliphatic carbocycles. The number of fused-ring (bicyclic) bond motifs is 1. The van der Waals surface area contributed by atoms with Crippen molar-refractivity contribution in [2.75, 3.05) is 13.2 Å². The number of ether oxygens (including phenoxy) is 2. The molecule has 0 amide bonds. The maximum atomic E-state index is 10.6. The van der Waals surface area contributed by atoms with Crippen LogP contribution in [0.3, 0.4) is 0 Å². The Balaban J connectivity index is 1.87. The Morgan fingerprint density at radius 1 is 1.14 bits per heavy atom. The van der Waals surface area contributed by atoms with E-state index < -0.39 is 6.10 Å². The lowest BCUT2D eigenvalue weighted by molar-refractivity contribution is 0.163. The summed E-state index contributed by atoms with van der Waals surface area (Å²) in [7, 11) is 0. The first-order valence-electron chi connectivity index (χ1n) is 6.97. The first-order chi connectivity index (χ1) is 10.1.